The summed E-state index contributed by atoms with van der Waals surface area (Å²) < 4.78 is 44.5. The van der Waals surface area contributed by atoms with Crippen molar-refractivity contribution >= 4 is 11.6 Å². The second-order valence-electron chi connectivity index (χ2n) is 7.99. The summed E-state index contributed by atoms with van der Waals surface area (Å²) >= 11 is 0. The van der Waals surface area contributed by atoms with Crippen molar-refractivity contribution in [1.29, 1.82) is 0 Å². The number of pyridine rings is 1. The minimum absolute atomic E-state index is 0.00910. The molecule has 1 fully saturated rings. The van der Waals surface area contributed by atoms with Crippen molar-refractivity contribution in [3.8, 4) is 17.0 Å². The molecule has 0 spiro atoms. The number of methoxy groups -OCH3 is 1. The Kier molecular flexibility index (Phi) is 6.08. The number of hydrogen-bond donors (Lipinski definition) is 2. The monoisotopic (exact) mass is 438 g/mol. The number of nitrogens with two attached hydrogens (primary N) is 1. The lowest BCUT2D eigenvalue weighted by molar-refractivity contribution is -0.149. The zero-order chi connectivity index (χ0) is 23.0. The predicted octanol–water partition coefficient (Wildman–Crippen LogP) is 2.46. The summed E-state index contributed by atoms with van der Waals surface area (Å²) in [5, 5.41) is 2.01. The van der Waals surface area contributed by atoms with E-state index in [4.69, 9.17) is 10.5 Å². The molecule has 0 aromatic carbocycles. The number of nitrogens with zero attached hydrogens (tertiary/aromatic N) is 4. The van der Waals surface area contributed by atoms with Gasteiger partial charge in [-0.05, 0) is 27.2 Å². The van der Waals surface area contributed by atoms with E-state index in [1.54, 1.807) is 19.3 Å². The van der Waals surface area contributed by atoms with Crippen LogP contribution in [0.4, 0.5) is 18.9 Å². The van der Waals surface area contributed by atoms with E-state index in [1.807, 2.05) is 17.1 Å². The molecule has 3 rings (SSSR count). The molecule has 11 heteroatoms. The zero-order valence-corrected chi connectivity index (χ0v) is 17.7. The van der Waals surface area contributed by atoms with Gasteiger partial charge in [0.25, 0.3) is 5.91 Å². The predicted molar refractivity (Wildman–Crippen MR) is 109 cm³/mol. The van der Waals surface area contributed by atoms with Crippen molar-refractivity contribution in [2.45, 2.75) is 44.9 Å². The smallest absolute Gasteiger partial charge is 0.408 e. The van der Waals surface area contributed by atoms with Gasteiger partial charge < -0.3 is 20.7 Å². The molecule has 3 N–H and O–H groups in total. The van der Waals surface area contributed by atoms with Crippen LogP contribution in [0.3, 0.4) is 0 Å². The Morgan fingerprint density at radius 2 is 1.94 bits per heavy atom. The molecule has 3 heterocycles. The van der Waals surface area contributed by atoms with Crippen LogP contribution in [-0.4, -0.2) is 58.8 Å². The summed E-state index contributed by atoms with van der Waals surface area (Å²) in [5.41, 5.74) is 7.09. The highest BCUT2D eigenvalue weighted by molar-refractivity contribution is 6.04. The van der Waals surface area contributed by atoms with E-state index < -0.39 is 23.7 Å². The molecule has 31 heavy (non-hydrogen) atoms. The molecule has 1 aliphatic heterocycles. The lowest BCUT2D eigenvalue weighted by Crippen LogP contribution is -2.44. The van der Waals surface area contributed by atoms with Crippen LogP contribution in [-0.2, 0) is 0 Å². The number of ether oxygens (including phenoxy) is 1. The van der Waals surface area contributed by atoms with E-state index in [9.17, 15) is 18.0 Å². The number of rotatable bonds is 5. The molecule has 0 bridgehead atoms. The van der Waals surface area contributed by atoms with Crippen LogP contribution in [0.1, 0.15) is 36.5 Å². The molecule has 0 saturated carbocycles. The van der Waals surface area contributed by atoms with Crippen molar-refractivity contribution in [2.75, 3.05) is 25.1 Å². The summed E-state index contributed by atoms with van der Waals surface area (Å²) in [7, 11) is 1.42. The van der Waals surface area contributed by atoms with Gasteiger partial charge in [0.2, 0.25) is 5.88 Å². The molecule has 1 aliphatic rings. The first kappa shape index (κ1) is 22.7. The number of aryl methyl sites for hydroxylation is 1. The lowest BCUT2D eigenvalue weighted by Gasteiger charge is -2.27. The van der Waals surface area contributed by atoms with Crippen LogP contribution < -0.4 is 20.7 Å². The number of carbonyl (C=O) groups excluding carboxylic acids is 1. The molecule has 2 aromatic heterocycles. The highest BCUT2D eigenvalue weighted by atomic mass is 19.4. The van der Waals surface area contributed by atoms with Gasteiger partial charge in [-0.1, -0.05) is 0 Å². The van der Waals surface area contributed by atoms with Gasteiger partial charge in [0, 0.05) is 42.8 Å². The first-order valence-corrected chi connectivity index (χ1v) is 9.70. The van der Waals surface area contributed by atoms with Crippen LogP contribution in [0, 0.1) is 6.92 Å². The molecule has 0 unspecified atom stereocenters. The topological polar surface area (TPSA) is 106 Å². The fourth-order valence-corrected chi connectivity index (χ4v) is 3.45. The Labute approximate surface area is 178 Å². The van der Waals surface area contributed by atoms with Crippen molar-refractivity contribution in [2.24, 2.45) is 5.73 Å². The van der Waals surface area contributed by atoms with Crippen molar-refractivity contribution in [1.82, 2.24) is 20.3 Å². The second-order valence-corrected chi connectivity index (χ2v) is 7.99. The van der Waals surface area contributed by atoms with Crippen LogP contribution in [0.2, 0.25) is 0 Å². The van der Waals surface area contributed by atoms with E-state index in [0.717, 1.165) is 6.92 Å². The Bertz CT molecular complexity index is 963. The highest BCUT2D eigenvalue weighted by Gasteiger charge is 2.39. The van der Waals surface area contributed by atoms with Gasteiger partial charge in [-0.15, -0.1) is 0 Å². The summed E-state index contributed by atoms with van der Waals surface area (Å²) in [4.78, 5) is 27.3. The van der Waals surface area contributed by atoms with Crippen LogP contribution in [0.15, 0.2) is 18.6 Å². The molecule has 2 aromatic rings. The van der Waals surface area contributed by atoms with Gasteiger partial charge in [0.05, 0.1) is 23.9 Å². The molecule has 1 saturated heterocycles. The Morgan fingerprint density at radius 1 is 1.29 bits per heavy atom. The number of anilines is 1. The van der Waals surface area contributed by atoms with Crippen LogP contribution >= 0.6 is 0 Å². The maximum Gasteiger partial charge on any atom is 0.408 e. The van der Waals surface area contributed by atoms with Crippen molar-refractivity contribution < 1.29 is 22.7 Å². The van der Waals surface area contributed by atoms with Gasteiger partial charge in [-0.25, -0.2) is 15.0 Å². The van der Waals surface area contributed by atoms with Crippen molar-refractivity contribution in [3.63, 3.8) is 0 Å². The first-order chi connectivity index (χ1) is 14.4. The largest absolute Gasteiger partial charge is 0.480 e. The first-order valence-electron chi connectivity index (χ1n) is 9.70. The van der Waals surface area contributed by atoms with Crippen molar-refractivity contribution in [3.05, 3.63) is 30.0 Å². The summed E-state index contributed by atoms with van der Waals surface area (Å²) in [6.45, 7) is 5.40. The molecular formula is C20H25F3N6O2. The molecular weight excluding hydrogens is 413 g/mol. The zero-order valence-electron chi connectivity index (χ0n) is 17.7. The number of carbonyl (C=O) groups is 1. The molecule has 8 nitrogen and oxygen atoms in total. The van der Waals surface area contributed by atoms with Crippen LogP contribution in [0.5, 0.6) is 5.88 Å². The van der Waals surface area contributed by atoms with E-state index in [2.05, 4.69) is 15.0 Å². The lowest BCUT2D eigenvalue weighted by atomic mass is 10.0. The van der Waals surface area contributed by atoms with Gasteiger partial charge in [-0.3, -0.25) is 4.79 Å². The number of amides is 1. The minimum atomic E-state index is -4.58. The molecule has 0 radical (unpaired) electrons. The van der Waals surface area contributed by atoms with Gasteiger partial charge >= 0.3 is 6.18 Å². The molecule has 1 amide bonds. The number of alkyl halides is 3. The maximum absolute atomic E-state index is 13.0. The molecule has 2 atom stereocenters. The average Bonchev–Trinajstić information content (AvgIpc) is 3.06. The Hall–Kier alpha value is -2.95. The quantitative estimate of drug-likeness (QED) is 0.739. The maximum atomic E-state index is 13.0. The average molecular weight is 438 g/mol. The van der Waals surface area contributed by atoms with E-state index in [-0.39, 0.29) is 11.4 Å². The Morgan fingerprint density at radius 3 is 2.45 bits per heavy atom. The summed E-state index contributed by atoms with van der Waals surface area (Å²) in [5.74, 6) is -0.149. The minimum Gasteiger partial charge on any atom is -0.480 e. The molecule has 0 aliphatic carbocycles. The number of hydrogen-bond acceptors (Lipinski definition) is 7. The SMILES string of the molecule is COc1ncc(C(=O)N[C@@H](C)C(F)(F)F)c(N2CC[C@](C)(N)C2)c1-c1cnc(C)nc1. The fraction of sp³-hybridized carbons (Fsp3) is 0.500. The third kappa shape index (κ3) is 4.87. The standard InChI is InChI=1S/C20H25F3N6O2/c1-11(20(21,22)23)28-17(30)14-9-27-18(31-4)15(13-7-25-12(2)26-8-13)16(14)29-6-5-19(3,24)10-29/h7-9,11H,5-6,10,24H2,1-4H3,(H,28,30)/t11-,19-/m0/s1. The van der Waals surface area contributed by atoms with Gasteiger partial charge in [0.15, 0.2) is 0 Å². The number of halogens is 3. The van der Waals surface area contributed by atoms with Gasteiger partial charge in [0.1, 0.15) is 11.9 Å². The van der Waals surface area contributed by atoms with E-state index in [0.29, 0.717) is 42.1 Å². The highest BCUT2D eigenvalue weighted by Crippen LogP contribution is 2.41. The van der Waals surface area contributed by atoms with Gasteiger partial charge in [-0.2, -0.15) is 13.2 Å². The van der Waals surface area contributed by atoms with E-state index in [1.165, 1.54) is 13.3 Å². The fourth-order valence-electron chi connectivity index (χ4n) is 3.45. The second kappa shape index (κ2) is 8.29. The normalized spacial score (nSPS) is 19.9. The third-order valence-electron chi connectivity index (χ3n) is 5.18. The Balaban J connectivity index is 2.18. The van der Waals surface area contributed by atoms with E-state index >= 15 is 0 Å². The third-order valence-corrected chi connectivity index (χ3v) is 5.18. The number of aromatic nitrogens is 3. The number of nitrogens with one attached hydrogen (secondary N) is 1. The van der Waals surface area contributed by atoms with Crippen LogP contribution in [0.25, 0.3) is 11.1 Å². The summed E-state index contributed by atoms with van der Waals surface area (Å²) in [6.07, 6.45) is 0.401. The molecule has 168 valence electrons. The summed E-state index contributed by atoms with van der Waals surface area (Å²) in [6, 6.07) is -2.03.